The molecule has 1 aromatic rings. The van der Waals surface area contributed by atoms with Crippen LogP contribution < -0.4 is 19.7 Å². The van der Waals surface area contributed by atoms with Crippen molar-refractivity contribution in [3.8, 4) is 5.75 Å². The van der Waals surface area contributed by atoms with Crippen LogP contribution in [-0.2, 0) is 10.0 Å². The average Bonchev–Trinajstić information content (AvgIpc) is 2.86. The summed E-state index contributed by atoms with van der Waals surface area (Å²) in [5.74, 6) is 0.626. The van der Waals surface area contributed by atoms with Crippen LogP contribution >= 0.6 is 0 Å². The lowest BCUT2D eigenvalue weighted by Gasteiger charge is -2.20. The van der Waals surface area contributed by atoms with Crippen LogP contribution in [0.25, 0.3) is 0 Å². The second-order valence-corrected chi connectivity index (χ2v) is 7.55. The fourth-order valence-electron chi connectivity index (χ4n) is 2.36. The van der Waals surface area contributed by atoms with E-state index in [2.05, 4.69) is 10.6 Å². The minimum Gasteiger partial charge on any atom is -0.495 e. The van der Waals surface area contributed by atoms with Gasteiger partial charge in [-0.2, -0.15) is 0 Å². The van der Waals surface area contributed by atoms with Crippen molar-refractivity contribution in [2.24, 2.45) is 0 Å². The molecule has 0 saturated carbocycles. The summed E-state index contributed by atoms with van der Waals surface area (Å²) in [4.78, 5) is 12.0. The topological polar surface area (TPSA) is 87.7 Å². The van der Waals surface area contributed by atoms with Crippen molar-refractivity contribution >= 4 is 27.4 Å². The van der Waals surface area contributed by atoms with Gasteiger partial charge in [0.1, 0.15) is 5.75 Å². The Labute approximate surface area is 137 Å². The van der Waals surface area contributed by atoms with E-state index in [0.29, 0.717) is 30.1 Å². The summed E-state index contributed by atoms with van der Waals surface area (Å²) in [6.07, 6.45) is 1.42. The quantitative estimate of drug-likeness (QED) is 0.859. The number of sulfonamides is 1. The highest BCUT2D eigenvalue weighted by Crippen LogP contribution is 2.32. The van der Waals surface area contributed by atoms with Gasteiger partial charge in [0.2, 0.25) is 10.0 Å². The van der Waals surface area contributed by atoms with E-state index in [1.807, 2.05) is 13.8 Å². The molecule has 1 unspecified atom stereocenters. The van der Waals surface area contributed by atoms with Gasteiger partial charge in [0, 0.05) is 12.6 Å². The highest BCUT2D eigenvalue weighted by atomic mass is 32.2. The Kier molecular flexibility index (Phi) is 5.35. The summed E-state index contributed by atoms with van der Waals surface area (Å²) in [6, 6.07) is 4.65. The third-order valence-electron chi connectivity index (χ3n) is 3.81. The van der Waals surface area contributed by atoms with E-state index in [-0.39, 0.29) is 17.8 Å². The van der Waals surface area contributed by atoms with Crippen molar-refractivity contribution in [1.29, 1.82) is 0 Å². The van der Waals surface area contributed by atoms with Crippen molar-refractivity contribution in [3.63, 3.8) is 0 Å². The van der Waals surface area contributed by atoms with Crippen LogP contribution in [0.4, 0.5) is 16.2 Å². The van der Waals surface area contributed by atoms with E-state index < -0.39 is 10.0 Å². The third kappa shape index (κ3) is 4.07. The molecule has 2 N–H and O–H groups in total. The SMILES string of the molecule is CCC(C)NC(=O)Nc1cc(N2CCCS2(=O)=O)ccc1OC. The van der Waals surface area contributed by atoms with E-state index in [1.165, 1.54) is 11.4 Å². The van der Waals surface area contributed by atoms with Gasteiger partial charge in [0.25, 0.3) is 0 Å². The summed E-state index contributed by atoms with van der Waals surface area (Å²) in [5.41, 5.74) is 0.968. The first-order valence-electron chi connectivity index (χ1n) is 7.63. The van der Waals surface area contributed by atoms with Gasteiger partial charge >= 0.3 is 6.03 Å². The molecular weight excluding hydrogens is 318 g/mol. The summed E-state index contributed by atoms with van der Waals surface area (Å²) < 4.78 is 30.7. The number of carbonyl (C=O) groups is 1. The zero-order valence-corrected chi connectivity index (χ0v) is 14.4. The smallest absolute Gasteiger partial charge is 0.319 e. The van der Waals surface area contributed by atoms with Crippen molar-refractivity contribution in [2.45, 2.75) is 32.7 Å². The Bertz CT molecular complexity index is 675. The van der Waals surface area contributed by atoms with Gasteiger partial charge in [-0.3, -0.25) is 4.31 Å². The number of benzene rings is 1. The Morgan fingerprint density at radius 1 is 1.43 bits per heavy atom. The largest absolute Gasteiger partial charge is 0.495 e. The molecule has 0 spiro atoms. The predicted molar refractivity (Wildman–Crippen MR) is 90.7 cm³/mol. The molecule has 1 saturated heterocycles. The minimum absolute atomic E-state index is 0.0446. The first kappa shape index (κ1) is 17.4. The summed E-state index contributed by atoms with van der Waals surface area (Å²) in [5, 5.41) is 5.52. The van der Waals surface area contributed by atoms with Crippen LogP contribution in [0.5, 0.6) is 5.75 Å². The number of ether oxygens (including phenoxy) is 1. The van der Waals surface area contributed by atoms with E-state index in [1.54, 1.807) is 18.2 Å². The molecule has 2 rings (SSSR count). The van der Waals surface area contributed by atoms with Crippen LogP contribution in [0.2, 0.25) is 0 Å². The first-order valence-corrected chi connectivity index (χ1v) is 9.24. The maximum Gasteiger partial charge on any atom is 0.319 e. The van der Waals surface area contributed by atoms with E-state index in [9.17, 15) is 13.2 Å². The maximum absolute atomic E-state index is 12.0. The molecule has 8 heteroatoms. The molecule has 1 heterocycles. The normalized spacial score (nSPS) is 17.6. The number of nitrogens with one attached hydrogen (secondary N) is 2. The number of carbonyl (C=O) groups excluding carboxylic acids is 1. The monoisotopic (exact) mass is 341 g/mol. The van der Waals surface area contributed by atoms with E-state index in [0.717, 1.165) is 6.42 Å². The van der Waals surface area contributed by atoms with Gasteiger partial charge in [-0.05, 0) is 38.0 Å². The molecule has 2 amide bonds. The number of anilines is 2. The van der Waals surface area contributed by atoms with Crippen molar-refractivity contribution < 1.29 is 17.9 Å². The standard InChI is InChI=1S/C15H23N3O4S/c1-4-11(2)16-15(19)17-13-10-12(6-7-14(13)22-3)18-8-5-9-23(18,20)21/h6-7,10-11H,4-5,8-9H2,1-3H3,(H2,16,17,19). The number of hydrogen-bond acceptors (Lipinski definition) is 4. The number of hydrogen-bond donors (Lipinski definition) is 2. The molecule has 1 fully saturated rings. The van der Waals surface area contributed by atoms with Gasteiger partial charge in [0.15, 0.2) is 0 Å². The lowest BCUT2D eigenvalue weighted by molar-refractivity contribution is 0.249. The molecule has 1 atom stereocenters. The molecule has 0 bridgehead atoms. The lowest BCUT2D eigenvalue weighted by Crippen LogP contribution is -2.35. The van der Waals surface area contributed by atoms with Crippen molar-refractivity contribution in [2.75, 3.05) is 29.0 Å². The Hall–Kier alpha value is -1.96. The number of urea groups is 1. The molecule has 1 aromatic carbocycles. The highest BCUT2D eigenvalue weighted by Gasteiger charge is 2.29. The Balaban J connectivity index is 2.24. The molecule has 7 nitrogen and oxygen atoms in total. The van der Waals surface area contributed by atoms with Gasteiger partial charge in [-0.1, -0.05) is 6.92 Å². The molecule has 1 aliphatic heterocycles. The van der Waals surface area contributed by atoms with Crippen LogP contribution in [0, 0.1) is 0 Å². The zero-order valence-electron chi connectivity index (χ0n) is 13.6. The number of methoxy groups -OCH3 is 1. The molecule has 0 aromatic heterocycles. The Morgan fingerprint density at radius 3 is 2.74 bits per heavy atom. The lowest BCUT2D eigenvalue weighted by atomic mass is 10.2. The van der Waals surface area contributed by atoms with Gasteiger partial charge in [-0.15, -0.1) is 0 Å². The second kappa shape index (κ2) is 7.08. The number of amides is 2. The van der Waals surface area contributed by atoms with Crippen LogP contribution in [-0.4, -0.2) is 39.9 Å². The van der Waals surface area contributed by atoms with Crippen LogP contribution in [0.3, 0.4) is 0 Å². The second-order valence-electron chi connectivity index (χ2n) is 5.53. The summed E-state index contributed by atoms with van der Waals surface area (Å²) in [7, 11) is -1.76. The van der Waals surface area contributed by atoms with Gasteiger partial charge < -0.3 is 15.4 Å². The maximum atomic E-state index is 12.0. The molecule has 128 valence electrons. The van der Waals surface area contributed by atoms with E-state index in [4.69, 9.17) is 4.74 Å². The van der Waals surface area contributed by atoms with Crippen LogP contribution in [0.1, 0.15) is 26.7 Å². The fourth-order valence-corrected chi connectivity index (χ4v) is 3.92. The predicted octanol–water partition coefficient (Wildman–Crippen LogP) is 2.16. The van der Waals surface area contributed by atoms with Gasteiger partial charge in [-0.25, -0.2) is 13.2 Å². The zero-order chi connectivity index (χ0) is 17.0. The summed E-state index contributed by atoms with van der Waals surface area (Å²) >= 11 is 0. The number of rotatable bonds is 5. The fraction of sp³-hybridized carbons (Fsp3) is 0.533. The van der Waals surface area contributed by atoms with Gasteiger partial charge in [0.05, 0.1) is 24.2 Å². The Morgan fingerprint density at radius 2 is 2.17 bits per heavy atom. The van der Waals surface area contributed by atoms with Crippen molar-refractivity contribution in [1.82, 2.24) is 5.32 Å². The molecular formula is C15H23N3O4S. The minimum atomic E-state index is -3.26. The molecule has 23 heavy (non-hydrogen) atoms. The van der Waals surface area contributed by atoms with E-state index >= 15 is 0 Å². The average molecular weight is 341 g/mol. The van der Waals surface area contributed by atoms with Crippen molar-refractivity contribution in [3.05, 3.63) is 18.2 Å². The molecule has 1 aliphatic rings. The third-order valence-corrected chi connectivity index (χ3v) is 5.68. The van der Waals surface area contributed by atoms with Crippen LogP contribution in [0.15, 0.2) is 18.2 Å². The highest BCUT2D eigenvalue weighted by molar-refractivity contribution is 7.93. The summed E-state index contributed by atoms with van der Waals surface area (Å²) in [6.45, 7) is 4.33. The number of nitrogens with zero attached hydrogens (tertiary/aromatic N) is 1. The first-order chi connectivity index (χ1) is 10.9. The molecule has 0 radical (unpaired) electrons. The molecule has 0 aliphatic carbocycles.